The van der Waals surface area contributed by atoms with E-state index in [1.165, 1.54) is 15.9 Å². The highest BCUT2D eigenvalue weighted by Gasteiger charge is 2.31. The van der Waals surface area contributed by atoms with Crippen LogP contribution in [0.4, 0.5) is 16.3 Å². The van der Waals surface area contributed by atoms with Crippen molar-refractivity contribution in [3.05, 3.63) is 41.9 Å². The van der Waals surface area contributed by atoms with Crippen molar-refractivity contribution in [1.82, 2.24) is 20.0 Å². The number of nitrogens with zero attached hydrogens (tertiary/aromatic N) is 4. The van der Waals surface area contributed by atoms with Gasteiger partial charge in [-0.05, 0) is 38.3 Å². The van der Waals surface area contributed by atoms with Gasteiger partial charge in [0.25, 0.3) is 5.91 Å². The molecule has 2 N–H and O–H groups in total. The summed E-state index contributed by atoms with van der Waals surface area (Å²) in [6.45, 7) is 3.46. The van der Waals surface area contributed by atoms with Gasteiger partial charge >= 0.3 is 6.03 Å². The third-order valence-electron chi connectivity index (χ3n) is 4.59. The van der Waals surface area contributed by atoms with Crippen LogP contribution in [0.15, 0.2) is 30.6 Å². The van der Waals surface area contributed by atoms with E-state index in [0.29, 0.717) is 11.5 Å². The fraction of sp³-hybridized carbons (Fsp3) is 0.353. The molecule has 8 nitrogen and oxygen atoms in total. The summed E-state index contributed by atoms with van der Waals surface area (Å²) < 4.78 is 1.35. The fourth-order valence-corrected chi connectivity index (χ4v) is 3.15. The number of aromatic nitrogens is 2. The number of imidazole rings is 1. The third-order valence-corrected chi connectivity index (χ3v) is 4.59. The molecular weight excluding hydrogens is 320 g/mol. The summed E-state index contributed by atoms with van der Waals surface area (Å²) in [4.78, 5) is 31.4. The highest BCUT2D eigenvalue weighted by atomic mass is 16.2. The number of fused-ring (bicyclic) bond motifs is 1. The molecule has 0 saturated carbocycles. The Morgan fingerprint density at radius 1 is 1.12 bits per heavy atom. The van der Waals surface area contributed by atoms with Gasteiger partial charge in [0.05, 0.1) is 5.69 Å². The van der Waals surface area contributed by atoms with E-state index in [1.807, 2.05) is 31.2 Å². The van der Waals surface area contributed by atoms with Crippen molar-refractivity contribution >= 4 is 23.4 Å². The van der Waals surface area contributed by atoms with Crippen LogP contribution < -0.4 is 16.0 Å². The van der Waals surface area contributed by atoms with Crippen LogP contribution in [-0.4, -0.2) is 39.5 Å². The van der Waals surface area contributed by atoms with Crippen LogP contribution in [0.25, 0.3) is 0 Å². The van der Waals surface area contributed by atoms with Crippen molar-refractivity contribution in [3.63, 3.8) is 0 Å². The number of hydrogen-bond acceptors (Lipinski definition) is 5. The van der Waals surface area contributed by atoms with Gasteiger partial charge in [-0.3, -0.25) is 10.2 Å². The minimum atomic E-state index is -0.317. The number of piperidine rings is 1. The van der Waals surface area contributed by atoms with E-state index in [1.54, 1.807) is 4.90 Å². The van der Waals surface area contributed by atoms with Crippen LogP contribution in [-0.2, 0) is 0 Å². The number of benzene rings is 1. The van der Waals surface area contributed by atoms with E-state index >= 15 is 0 Å². The largest absolute Gasteiger partial charge is 0.351 e. The molecule has 1 aromatic heterocycles. The van der Waals surface area contributed by atoms with Gasteiger partial charge in [0.2, 0.25) is 0 Å². The molecule has 8 heteroatoms. The molecule has 0 spiro atoms. The number of carbonyl (C=O) groups is 2. The lowest BCUT2D eigenvalue weighted by atomic mass is 10.1. The number of anilines is 2. The zero-order valence-electron chi connectivity index (χ0n) is 14.0. The van der Waals surface area contributed by atoms with E-state index in [-0.39, 0.29) is 17.6 Å². The predicted molar refractivity (Wildman–Crippen MR) is 93.2 cm³/mol. The summed E-state index contributed by atoms with van der Waals surface area (Å²) in [5, 5.41) is 1.38. The lowest BCUT2D eigenvalue weighted by Crippen LogP contribution is -2.53. The van der Waals surface area contributed by atoms with Crippen LogP contribution in [0.3, 0.4) is 0 Å². The van der Waals surface area contributed by atoms with Crippen LogP contribution in [0.2, 0.25) is 0 Å². The Morgan fingerprint density at radius 2 is 1.84 bits per heavy atom. The Kier molecular flexibility index (Phi) is 3.89. The molecule has 2 aromatic rings. The number of aryl methyl sites for hydroxylation is 1. The van der Waals surface area contributed by atoms with Gasteiger partial charge in [-0.1, -0.05) is 17.7 Å². The molecule has 4 rings (SSSR count). The number of nitrogens with one attached hydrogen (secondary N) is 2. The standard InChI is InChI=1S/C17H20N6O2/c1-12-5-7-13(8-6-12)23-17(25)22-11-18-14(15(22)19-20-23)16(24)21-9-3-2-4-10-21/h5-8,11,19-20H,2-4,9-10H2,1H3. The van der Waals surface area contributed by atoms with Crippen LogP contribution in [0, 0.1) is 6.92 Å². The summed E-state index contributed by atoms with van der Waals surface area (Å²) in [6, 6.07) is 7.24. The Hall–Kier alpha value is -2.87. The summed E-state index contributed by atoms with van der Waals surface area (Å²) in [5.74, 6) is 0.239. The first-order chi connectivity index (χ1) is 12.1. The maximum atomic E-state index is 12.7. The molecule has 0 aliphatic carbocycles. The van der Waals surface area contributed by atoms with Crippen molar-refractivity contribution in [2.24, 2.45) is 0 Å². The molecule has 1 saturated heterocycles. The van der Waals surface area contributed by atoms with Crippen molar-refractivity contribution < 1.29 is 9.59 Å². The molecule has 2 aliphatic heterocycles. The third kappa shape index (κ3) is 2.74. The molecule has 0 bridgehead atoms. The molecule has 0 radical (unpaired) electrons. The highest BCUT2D eigenvalue weighted by Crippen LogP contribution is 2.24. The van der Waals surface area contributed by atoms with E-state index in [4.69, 9.17) is 0 Å². The van der Waals surface area contributed by atoms with Crippen LogP contribution >= 0.6 is 0 Å². The molecule has 0 atom stereocenters. The van der Waals surface area contributed by atoms with E-state index in [9.17, 15) is 9.59 Å². The van der Waals surface area contributed by atoms with Crippen LogP contribution in [0.1, 0.15) is 35.3 Å². The smallest absolute Gasteiger partial charge is 0.337 e. The van der Waals surface area contributed by atoms with Gasteiger partial charge in [-0.25, -0.2) is 19.4 Å². The van der Waals surface area contributed by atoms with Crippen molar-refractivity contribution in [3.8, 4) is 0 Å². The van der Waals surface area contributed by atoms with Gasteiger partial charge in [0.15, 0.2) is 11.5 Å². The summed E-state index contributed by atoms with van der Waals surface area (Å²) in [7, 11) is 0. The maximum Gasteiger partial charge on any atom is 0.351 e. The molecule has 2 amide bonds. The predicted octanol–water partition coefficient (Wildman–Crippen LogP) is 2.14. The fourth-order valence-electron chi connectivity index (χ4n) is 3.15. The zero-order valence-corrected chi connectivity index (χ0v) is 14.0. The van der Waals surface area contributed by atoms with E-state index in [0.717, 1.165) is 37.9 Å². The average molecular weight is 340 g/mol. The zero-order chi connectivity index (χ0) is 17.4. The average Bonchev–Trinajstić information content (AvgIpc) is 3.08. The Balaban J connectivity index is 1.60. The molecule has 130 valence electrons. The summed E-state index contributed by atoms with van der Waals surface area (Å²) >= 11 is 0. The second-order valence-corrected chi connectivity index (χ2v) is 6.35. The number of amides is 2. The number of likely N-dealkylation sites (tertiary alicyclic amines) is 1. The molecular formula is C17H20N6O2. The first-order valence-corrected chi connectivity index (χ1v) is 8.44. The first kappa shape index (κ1) is 15.6. The quantitative estimate of drug-likeness (QED) is 0.875. The lowest BCUT2D eigenvalue weighted by Gasteiger charge is -2.30. The number of hydrazine groups is 2. The highest BCUT2D eigenvalue weighted by molar-refractivity contribution is 6.02. The molecule has 3 heterocycles. The van der Waals surface area contributed by atoms with Gasteiger partial charge < -0.3 is 4.90 Å². The van der Waals surface area contributed by atoms with Gasteiger partial charge in [0, 0.05) is 13.1 Å². The molecule has 2 aliphatic rings. The SMILES string of the molecule is Cc1ccc(N2NNc3c(C(=O)N4CCCCC4)ncn3C2=O)cc1. The Bertz CT molecular complexity index is 807. The summed E-state index contributed by atoms with van der Waals surface area (Å²) in [5.41, 5.74) is 7.86. The van der Waals surface area contributed by atoms with Gasteiger partial charge in [-0.15, -0.1) is 5.53 Å². The Labute approximate surface area is 145 Å². The van der Waals surface area contributed by atoms with Crippen LogP contribution in [0.5, 0.6) is 0 Å². The van der Waals surface area contributed by atoms with Gasteiger partial charge in [0.1, 0.15) is 6.33 Å². The topological polar surface area (TPSA) is 82.5 Å². The van der Waals surface area contributed by atoms with Gasteiger partial charge in [-0.2, -0.15) is 0 Å². The summed E-state index contributed by atoms with van der Waals surface area (Å²) in [6.07, 6.45) is 4.56. The molecule has 1 aromatic carbocycles. The normalized spacial score (nSPS) is 17.2. The van der Waals surface area contributed by atoms with Crippen molar-refractivity contribution in [2.75, 3.05) is 23.5 Å². The Morgan fingerprint density at radius 3 is 2.56 bits per heavy atom. The first-order valence-electron chi connectivity index (χ1n) is 8.44. The number of carbonyl (C=O) groups excluding carboxylic acids is 2. The number of rotatable bonds is 2. The molecule has 25 heavy (non-hydrogen) atoms. The van der Waals surface area contributed by atoms with Crippen molar-refractivity contribution in [2.45, 2.75) is 26.2 Å². The maximum absolute atomic E-state index is 12.7. The van der Waals surface area contributed by atoms with Crippen molar-refractivity contribution in [1.29, 1.82) is 0 Å². The molecule has 1 fully saturated rings. The molecule has 0 unspecified atom stereocenters. The lowest BCUT2D eigenvalue weighted by molar-refractivity contribution is 0.0720. The van der Waals surface area contributed by atoms with E-state index in [2.05, 4.69) is 15.9 Å². The van der Waals surface area contributed by atoms with E-state index < -0.39 is 0 Å². The second kappa shape index (κ2) is 6.21. The monoisotopic (exact) mass is 340 g/mol. The minimum absolute atomic E-state index is 0.140. The second-order valence-electron chi connectivity index (χ2n) is 6.35. The number of hydrogen-bond donors (Lipinski definition) is 2. The minimum Gasteiger partial charge on any atom is -0.337 e.